The lowest BCUT2D eigenvalue weighted by Crippen LogP contribution is -2.37. The van der Waals surface area contributed by atoms with E-state index in [2.05, 4.69) is 37.1 Å². The number of nitrogens with two attached hydrogens (primary N) is 1. The van der Waals surface area contributed by atoms with Crippen molar-refractivity contribution in [2.45, 2.75) is 44.5 Å². The Morgan fingerprint density at radius 1 is 1.47 bits per heavy atom. The van der Waals surface area contributed by atoms with Crippen molar-refractivity contribution in [2.24, 2.45) is 11.1 Å². The Hall–Kier alpha value is -0.130. The van der Waals surface area contributed by atoms with E-state index in [0.717, 1.165) is 22.3 Å². The van der Waals surface area contributed by atoms with Crippen LogP contribution in [0.5, 0.6) is 0 Å². The molecule has 0 bridgehead atoms. The van der Waals surface area contributed by atoms with Crippen LogP contribution >= 0.6 is 23.3 Å². The van der Waals surface area contributed by atoms with Gasteiger partial charge in [-0.3, -0.25) is 0 Å². The molecule has 1 unspecified atom stereocenters. The van der Waals surface area contributed by atoms with Gasteiger partial charge in [-0.05, 0) is 16.9 Å². The molecular formula is C10H19N3S2. The van der Waals surface area contributed by atoms with Crippen LogP contribution in [0.15, 0.2) is 4.34 Å². The molecule has 5 heteroatoms. The first-order chi connectivity index (χ1) is 6.93. The van der Waals surface area contributed by atoms with Gasteiger partial charge in [0.1, 0.15) is 5.82 Å². The van der Waals surface area contributed by atoms with E-state index in [-0.39, 0.29) is 11.5 Å². The summed E-state index contributed by atoms with van der Waals surface area (Å²) in [4.78, 5) is 4.40. The Morgan fingerprint density at radius 2 is 2.13 bits per heavy atom. The summed E-state index contributed by atoms with van der Waals surface area (Å²) in [6.45, 7) is 8.55. The molecule has 0 radical (unpaired) electrons. The third kappa shape index (κ3) is 4.09. The zero-order valence-corrected chi connectivity index (χ0v) is 11.4. The first-order valence-electron chi connectivity index (χ1n) is 5.14. The second-order valence-corrected chi connectivity index (χ2v) is 6.63. The van der Waals surface area contributed by atoms with Crippen LogP contribution in [0, 0.1) is 5.41 Å². The Kier molecular flexibility index (Phi) is 4.55. The second-order valence-electron chi connectivity index (χ2n) is 4.61. The highest BCUT2D eigenvalue weighted by Crippen LogP contribution is 2.26. The number of aromatic nitrogens is 2. The van der Waals surface area contributed by atoms with E-state index in [1.54, 1.807) is 11.8 Å². The fraction of sp³-hybridized carbons (Fsp3) is 0.800. The number of rotatable bonds is 4. The highest BCUT2D eigenvalue weighted by molar-refractivity contribution is 8.00. The normalized spacial score (nSPS) is 14.2. The molecule has 86 valence electrons. The van der Waals surface area contributed by atoms with Crippen molar-refractivity contribution in [3.05, 3.63) is 5.82 Å². The van der Waals surface area contributed by atoms with Crippen molar-refractivity contribution in [3.63, 3.8) is 0 Å². The van der Waals surface area contributed by atoms with Crippen LogP contribution in [-0.4, -0.2) is 21.2 Å². The zero-order valence-electron chi connectivity index (χ0n) is 9.78. The van der Waals surface area contributed by atoms with E-state index in [9.17, 15) is 0 Å². The van der Waals surface area contributed by atoms with Gasteiger partial charge in [-0.15, -0.1) is 0 Å². The fourth-order valence-corrected chi connectivity index (χ4v) is 2.87. The lowest BCUT2D eigenvalue weighted by Gasteiger charge is -2.26. The third-order valence-corrected chi connectivity index (χ3v) is 4.26. The van der Waals surface area contributed by atoms with Gasteiger partial charge in [0.25, 0.3) is 0 Å². The number of hydrogen-bond acceptors (Lipinski definition) is 5. The Bertz CT molecular complexity index is 304. The highest BCUT2D eigenvalue weighted by Gasteiger charge is 2.21. The first-order valence-corrected chi connectivity index (χ1v) is 6.90. The third-order valence-electron chi connectivity index (χ3n) is 2.26. The molecule has 3 nitrogen and oxygen atoms in total. The molecule has 0 saturated carbocycles. The molecule has 0 amide bonds. The average molecular weight is 245 g/mol. The van der Waals surface area contributed by atoms with Gasteiger partial charge in [-0.2, -0.15) is 4.37 Å². The summed E-state index contributed by atoms with van der Waals surface area (Å²) in [7, 11) is 0. The number of nitrogens with zero attached hydrogens (tertiary/aromatic N) is 2. The monoisotopic (exact) mass is 245 g/mol. The van der Waals surface area contributed by atoms with Crippen molar-refractivity contribution in [1.82, 2.24) is 9.36 Å². The lowest BCUT2D eigenvalue weighted by molar-refractivity contribution is 0.344. The van der Waals surface area contributed by atoms with Crippen molar-refractivity contribution in [1.29, 1.82) is 0 Å². The molecule has 2 N–H and O–H groups in total. The van der Waals surface area contributed by atoms with Crippen LogP contribution < -0.4 is 5.73 Å². The maximum Gasteiger partial charge on any atom is 0.170 e. The fourth-order valence-electron chi connectivity index (χ4n) is 0.851. The van der Waals surface area contributed by atoms with E-state index in [4.69, 9.17) is 5.73 Å². The number of aryl methyl sites for hydroxylation is 1. The van der Waals surface area contributed by atoms with Gasteiger partial charge in [0.15, 0.2) is 4.34 Å². The molecule has 1 aromatic rings. The summed E-state index contributed by atoms with van der Waals surface area (Å²) in [6, 6.07) is 0.191. The molecule has 0 aliphatic rings. The van der Waals surface area contributed by atoms with Gasteiger partial charge in [-0.25, -0.2) is 4.98 Å². The summed E-state index contributed by atoms with van der Waals surface area (Å²) in [5.41, 5.74) is 6.23. The molecule has 0 aliphatic heterocycles. The van der Waals surface area contributed by atoms with Crippen LogP contribution in [0.1, 0.15) is 33.5 Å². The predicted octanol–water partition coefficient (Wildman–Crippen LogP) is 2.57. The summed E-state index contributed by atoms with van der Waals surface area (Å²) >= 11 is 3.18. The summed E-state index contributed by atoms with van der Waals surface area (Å²) in [5, 5.41) is 0. The minimum absolute atomic E-state index is 0.158. The molecule has 1 atom stereocenters. The topological polar surface area (TPSA) is 51.8 Å². The van der Waals surface area contributed by atoms with Crippen LogP contribution in [0.3, 0.4) is 0 Å². The van der Waals surface area contributed by atoms with E-state index in [1.807, 2.05) is 0 Å². The van der Waals surface area contributed by atoms with E-state index in [0.29, 0.717) is 0 Å². The van der Waals surface area contributed by atoms with E-state index < -0.39 is 0 Å². The van der Waals surface area contributed by atoms with Gasteiger partial charge in [-0.1, -0.05) is 39.5 Å². The van der Waals surface area contributed by atoms with Gasteiger partial charge in [0, 0.05) is 18.2 Å². The molecule has 0 fully saturated rings. The Labute approximate surface area is 100 Å². The van der Waals surface area contributed by atoms with Crippen molar-refractivity contribution < 1.29 is 0 Å². The largest absolute Gasteiger partial charge is 0.326 e. The van der Waals surface area contributed by atoms with Gasteiger partial charge < -0.3 is 5.73 Å². The van der Waals surface area contributed by atoms with Crippen molar-refractivity contribution >= 4 is 23.3 Å². The maximum absolute atomic E-state index is 6.07. The van der Waals surface area contributed by atoms with Gasteiger partial charge in [0.05, 0.1) is 0 Å². The minimum atomic E-state index is 0.158. The predicted molar refractivity (Wildman–Crippen MR) is 67.4 cm³/mol. The van der Waals surface area contributed by atoms with E-state index in [1.165, 1.54) is 11.5 Å². The van der Waals surface area contributed by atoms with Crippen LogP contribution in [0.2, 0.25) is 0 Å². The molecular weight excluding hydrogens is 226 g/mol. The maximum atomic E-state index is 6.07. The summed E-state index contributed by atoms with van der Waals surface area (Å²) in [5.74, 6) is 1.84. The van der Waals surface area contributed by atoms with Gasteiger partial charge in [0.2, 0.25) is 0 Å². The minimum Gasteiger partial charge on any atom is -0.326 e. The zero-order chi connectivity index (χ0) is 11.5. The molecule has 0 aromatic carbocycles. The highest BCUT2D eigenvalue weighted by atomic mass is 32.2. The molecule has 1 aromatic heterocycles. The standard InChI is InChI=1S/C10H19N3S2/c1-5-8-12-9(15-13-8)14-6-7(11)10(2,3)4/h7H,5-6,11H2,1-4H3. The molecule has 1 heterocycles. The molecule has 0 aliphatic carbocycles. The lowest BCUT2D eigenvalue weighted by atomic mass is 9.89. The van der Waals surface area contributed by atoms with Gasteiger partial charge >= 0.3 is 0 Å². The van der Waals surface area contributed by atoms with Crippen molar-refractivity contribution in [2.75, 3.05) is 5.75 Å². The van der Waals surface area contributed by atoms with Crippen LogP contribution in [0.25, 0.3) is 0 Å². The first kappa shape index (κ1) is 12.9. The summed E-state index contributed by atoms with van der Waals surface area (Å²) in [6.07, 6.45) is 0.905. The number of thioether (sulfide) groups is 1. The number of hydrogen-bond donors (Lipinski definition) is 1. The van der Waals surface area contributed by atoms with Crippen molar-refractivity contribution in [3.8, 4) is 0 Å². The quantitative estimate of drug-likeness (QED) is 0.828. The SMILES string of the molecule is CCc1nsc(SCC(N)C(C)(C)C)n1. The Morgan fingerprint density at radius 3 is 2.60 bits per heavy atom. The van der Waals surface area contributed by atoms with E-state index >= 15 is 0 Å². The molecule has 0 spiro atoms. The molecule has 1 rings (SSSR count). The molecule has 15 heavy (non-hydrogen) atoms. The molecule has 0 saturated heterocycles. The average Bonchev–Trinajstić information content (AvgIpc) is 2.60. The van der Waals surface area contributed by atoms with Crippen LogP contribution in [-0.2, 0) is 6.42 Å². The summed E-state index contributed by atoms with van der Waals surface area (Å²) < 4.78 is 5.28. The smallest absolute Gasteiger partial charge is 0.170 e. The van der Waals surface area contributed by atoms with Crippen LogP contribution in [0.4, 0.5) is 0 Å². The second kappa shape index (κ2) is 5.27. The Balaban J connectivity index is 2.43.